The number of nitrogens with two attached hydrogens (primary N) is 1. The number of piperidine rings is 1. The van der Waals surface area contributed by atoms with Gasteiger partial charge < -0.3 is 15.7 Å². The molecule has 1 heterocycles. The maximum Gasteiger partial charge on any atom is 0.0850 e. The van der Waals surface area contributed by atoms with E-state index in [0.717, 1.165) is 45.3 Å². The van der Waals surface area contributed by atoms with Crippen LogP contribution in [-0.2, 0) is 0 Å². The predicted octanol–water partition coefficient (Wildman–Crippen LogP) is 1.74. The lowest BCUT2D eigenvalue weighted by atomic mass is 9.73. The first kappa shape index (κ1) is 13.3. The highest BCUT2D eigenvalue weighted by atomic mass is 16.3. The van der Waals surface area contributed by atoms with E-state index in [-0.39, 0.29) is 5.54 Å². The van der Waals surface area contributed by atoms with Gasteiger partial charge in [0.2, 0.25) is 0 Å². The van der Waals surface area contributed by atoms with Crippen LogP contribution in [-0.4, -0.2) is 40.8 Å². The molecule has 17 heavy (non-hydrogen) atoms. The summed E-state index contributed by atoms with van der Waals surface area (Å²) >= 11 is 0. The van der Waals surface area contributed by atoms with Crippen molar-refractivity contribution in [3.05, 3.63) is 0 Å². The molecule has 0 aromatic heterocycles. The van der Waals surface area contributed by atoms with Crippen molar-refractivity contribution < 1.29 is 5.11 Å². The summed E-state index contributed by atoms with van der Waals surface area (Å²) in [6.45, 7) is 7.67. The summed E-state index contributed by atoms with van der Waals surface area (Å²) in [5, 5.41) is 10.8. The summed E-state index contributed by atoms with van der Waals surface area (Å²) in [5.74, 6) is 0.708. The molecule has 0 aromatic rings. The number of likely N-dealkylation sites (tertiary alicyclic amines) is 1. The van der Waals surface area contributed by atoms with Crippen LogP contribution < -0.4 is 5.73 Å². The molecule has 3 heteroatoms. The second-order valence-electron chi connectivity index (χ2n) is 6.59. The van der Waals surface area contributed by atoms with Crippen LogP contribution in [0.3, 0.4) is 0 Å². The average Bonchev–Trinajstić information content (AvgIpc) is 2.70. The monoisotopic (exact) mass is 240 g/mol. The van der Waals surface area contributed by atoms with Gasteiger partial charge in [0.1, 0.15) is 0 Å². The largest absolute Gasteiger partial charge is 0.388 e. The van der Waals surface area contributed by atoms with E-state index in [9.17, 15) is 5.11 Å². The maximum absolute atomic E-state index is 10.8. The second-order valence-corrected chi connectivity index (χ2v) is 6.59. The molecule has 100 valence electrons. The number of hydrogen-bond donors (Lipinski definition) is 2. The lowest BCUT2D eigenvalue weighted by Gasteiger charge is -2.48. The molecule has 3 N–H and O–H groups in total. The zero-order valence-electron chi connectivity index (χ0n) is 11.4. The quantitative estimate of drug-likeness (QED) is 0.790. The minimum Gasteiger partial charge on any atom is -0.388 e. The first-order valence-corrected chi connectivity index (χ1v) is 7.19. The third-order valence-electron chi connectivity index (χ3n) is 4.73. The molecule has 1 saturated carbocycles. The zero-order valence-corrected chi connectivity index (χ0v) is 11.4. The Balaban J connectivity index is 1.92. The van der Waals surface area contributed by atoms with Crippen LogP contribution in [0.4, 0.5) is 0 Å². The minimum atomic E-state index is -0.600. The van der Waals surface area contributed by atoms with Crippen LogP contribution >= 0.6 is 0 Å². The van der Waals surface area contributed by atoms with E-state index >= 15 is 0 Å². The van der Waals surface area contributed by atoms with E-state index in [1.54, 1.807) is 0 Å². The number of rotatable bonds is 3. The Morgan fingerprint density at radius 2 is 1.65 bits per heavy atom. The van der Waals surface area contributed by atoms with Crippen molar-refractivity contribution in [2.45, 2.75) is 63.5 Å². The zero-order chi connectivity index (χ0) is 12.5. The molecule has 1 aliphatic carbocycles. The molecule has 0 radical (unpaired) electrons. The van der Waals surface area contributed by atoms with Crippen molar-refractivity contribution in [3.8, 4) is 0 Å². The van der Waals surface area contributed by atoms with Crippen LogP contribution in [0.5, 0.6) is 0 Å². The average molecular weight is 240 g/mol. The van der Waals surface area contributed by atoms with Gasteiger partial charge in [-0.25, -0.2) is 0 Å². The van der Waals surface area contributed by atoms with Crippen LogP contribution in [0, 0.1) is 5.92 Å². The van der Waals surface area contributed by atoms with Gasteiger partial charge in [-0.15, -0.1) is 0 Å². The SMILES string of the molecule is CC(C)CN1CCC(O)(C2(N)CCCC2)CC1. The van der Waals surface area contributed by atoms with Gasteiger partial charge in [0.15, 0.2) is 0 Å². The van der Waals surface area contributed by atoms with E-state index in [4.69, 9.17) is 5.73 Å². The van der Waals surface area contributed by atoms with Crippen molar-refractivity contribution in [1.29, 1.82) is 0 Å². The molecule has 1 aliphatic heterocycles. The molecule has 0 aromatic carbocycles. The van der Waals surface area contributed by atoms with Gasteiger partial charge in [0, 0.05) is 25.2 Å². The molecule has 2 fully saturated rings. The van der Waals surface area contributed by atoms with Crippen molar-refractivity contribution in [2.24, 2.45) is 11.7 Å². The van der Waals surface area contributed by atoms with E-state index in [1.807, 2.05) is 0 Å². The third kappa shape index (κ3) is 2.67. The fraction of sp³-hybridized carbons (Fsp3) is 1.00. The molecule has 2 aliphatic rings. The van der Waals surface area contributed by atoms with Crippen LogP contribution in [0.2, 0.25) is 0 Å². The van der Waals surface area contributed by atoms with Crippen LogP contribution in [0.25, 0.3) is 0 Å². The van der Waals surface area contributed by atoms with Gasteiger partial charge in [-0.3, -0.25) is 0 Å². The van der Waals surface area contributed by atoms with Crippen LogP contribution in [0.1, 0.15) is 52.4 Å². The second kappa shape index (κ2) is 4.87. The van der Waals surface area contributed by atoms with Gasteiger partial charge in [-0.2, -0.15) is 0 Å². The number of nitrogens with zero attached hydrogens (tertiary/aromatic N) is 1. The Morgan fingerprint density at radius 1 is 1.12 bits per heavy atom. The molecule has 0 spiro atoms. The molecular weight excluding hydrogens is 212 g/mol. The Kier molecular flexibility index (Phi) is 3.81. The standard InChI is InChI=1S/C14H28N2O/c1-12(2)11-16-9-7-14(17,8-10-16)13(15)5-3-4-6-13/h12,17H,3-11,15H2,1-2H3. The minimum absolute atomic E-state index is 0.295. The topological polar surface area (TPSA) is 49.5 Å². The van der Waals surface area contributed by atoms with Gasteiger partial charge in [0.05, 0.1) is 5.60 Å². The smallest absolute Gasteiger partial charge is 0.0850 e. The maximum atomic E-state index is 10.8. The molecule has 0 bridgehead atoms. The summed E-state index contributed by atoms with van der Waals surface area (Å²) in [7, 11) is 0. The normalized spacial score (nSPS) is 28.8. The van der Waals surface area contributed by atoms with Crippen molar-refractivity contribution in [2.75, 3.05) is 19.6 Å². The van der Waals surface area contributed by atoms with E-state index in [1.165, 1.54) is 12.8 Å². The molecule has 1 saturated heterocycles. The lowest BCUT2D eigenvalue weighted by molar-refractivity contribution is -0.0798. The molecule has 0 unspecified atom stereocenters. The Hall–Kier alpha value is -0.120. The molecular formula is C14H28N2O. The fourth-order valence-electron chi connectivity index (χ4n) is 3.59. The summed E-state index contributed by atoms with van der Waals surface area (Å²) in [5.41, 5.74) is 5.55. The summed E-state index contributed by atoms with van der Waals surface area (Å²) in [6.07, 6.45) is 6.11. The van der Waals surface area contributed by atoms with Crippen molar-refractivity contribution >= 4 is 0 Å². The third-order valence-corrected chi connectivity index (χ3v) is 4.73. The Morgan fingerprint density at radius 3 is 2.12 bits per heavy atom. The van der Waals surface area contributed by atoms with Gasteiger partial charge in [0.25, 0.3) is 0 Å². The number of hydrogen-bond acceptors (Lipinski definition) is 3. The Bertz CT molecular complexity index is 251. The first-order chi connectivity index (χ1) is 7.95. The first-order valence-electron chi connectivity index (χ1n) is 7.19. The van der Waals surface area contributed by atoms with Crippen molar-refractivity contribution in [1.82, 2.24) is 4.90 Å². The lowest BCUT2D eigenvalue weighted by Crippen LogP contribution is -2.63. The Labute approximate surface area is 105 Å². The number of aliphatic hydroxyl groups is 1. The van der Waals surface area contributed by atoms with Gasteiger partial charge >= 0.3 is 0 Å². The summed E-state index contributed by atoms with van der Waals surface area (Å²) in [4.78, 5) is 2.47. The highest BCUT2D eigenvalue weighted by Gasteiger charge is 2.49. The molecule has 0 amide bonds. The molecule has 0 atom stereocenters. The van der Waals surface area contributed by atoms with Gasteiger partial charge in [-0.1, -0.05) is 26.7 Å². The van der Waals surface area contributed by atoms with Gasteiger partial charge in [-0.05, 0) is 31.6 Å². The van der Waals surface area contributed by atoms with E-state index in [2.05, 4.69) is 18.7 Å². The summed E-state index contributed by atoms with van der Waals surface area (Å²) < 4.78 is 0. The highest BCUT2D eigenvalue weighted by molar-refractivity contribution is 5.08. The van der Waals surface area contributed by atoms with E-state index in [0.29, 0.717) is 5.92 Å². The van der Waals surface area contributed by atoms with Crippen molar-refractivity contribution in [3.63, 3.8) is 0 Å². The van der Waals surface area contributed by atoms with Crippen LogP contribution in [0.15, 0.2) is 0 Å². The summed E-state index contributed by atoms with van der Waals surface area (Å²) in [6, 6.07) is 0. The van der Waals surface area contributed by atoms with E-state index < -0.39 is 5.60 Å². The molecule has 3 nitrogen and oxygen atoms in total. The molecule has 2 rings (SSSR count). The fourth-order valence-corrected chi connectivity index (χ4v) is 3.59. The predicted molar refractivity (Wildman–Crippen MR) is 70.8 cm³/mol. The highest BCUT2D eigenvalue weighted by Crippen LogP contribution is 2.41.